The topological polar surface area (TPSA) is 29.1 Å². The van der Waals surface area contributed by atoms with Crippen molar-refractivity contribution in [2.75, 3.05) is 0 Å². The van der Waals surface area contributed by atoms with Gasteiger partial charge in [0.15, 0.2) is 0 Å². The van der Waals surface area contributed by atoms with E-state index in [2.05, 4.69) is 21.2 Å². The van der Waals surface area contributed by atoms with Crippen molar-refractivity contribution in [3.8, 4) is 0 Å². The molecule has 1 saturated carbocycles. The van der Waals surface area contributed by atoms with Crippen molar-refractivity contribution in [2.45, 2.75) is 32.5 Å². The molecule has 1 unspecified atom stereocenters. The molecule has 2 nitrogen and oxygen atoms in total. The van der Waals surface area contributed by atoms with Crippen molar-refractivity contribution in [1.82, 2.24) is 5.32 Å². The SMILES string of the molecule is CC1(C)CC1NC(=O)c1ccc(Br)cc1C(F)(F)F. The minimum Gasteiger partial charge on any atom is -0.349 e. The number of rotatable bonds is 2. The molecular formula is C13H13BrF3NO. The second-order valence-corrected chi connectivity index (χ2v) is 6.32. The number of hydrogen-bond donors (Lipinski definition) is 1. The second-order valence-electron chi connectivity index (χ2n) is 5.41. The molecule has 1 amide bonds. The van der Waals surface area contributed by atoms with Crippen LogP contribution in [0.3, 0.4) is 0 Å². The van der Waals surface area contributed by atoms with Crippen LogP contribution in [-0.2, 0) is 6.18 Å². The average molecular weight is 336 g/mol. The summed E-state index contributed by atoms with van der Waals surface area (Å²) in [6.45, 7) is 3.92. The fraction of sp³-hybridized carbons (Fsp3) is 0.462. The normalized spacial score (nSPS) is 21.1. The van der Waals surface area contributed by atoms with Crippen molar-refractivity contribution in [2.24, 2.45) is 5.41 Å². The Hall–Kier alpha value is -1.04. The average Bonchev–Trinajstić information content (AvgIpc) is 2.84. The van der Waals surface area contributed by atoms with Crippen molar-refractivity contribution in [3.05, 3.63) is 33.8 Å². The molecule has 1 aromatic carbocycles. The molecule has 1 aliphatic carbocycles. The quantitative estimate of drug-likeness (QED) is 0.869. The molecule has 6 heteroatoms. The van der Waals surface area contributed by atoms with Gasteiger partial charge in [0.25, 0.3) is 5.91 Å². The summed E-state index contributed by atoms with van der Waals surface area (Å²) in [5, 5.41) is 2.64. The summed E-state index contributed by atoms with van der Waals surface area (Å²) in [7, 11) is 0. The molecular weight excluding hydrogens is 323 g/mol. The molecule has 1 aliphatic rings. The monoisotopic (exact) mass is 335 g/mol. The molecule has 1 atom stereocenters. The van der Waals surface area contributed by atoms with E-state index in [0.29, 0.717) is 4.47 Å². The van der Waals surface area contributed by atoms with Gasteiger partial charge in [-0.3, -0.25) is 4.79 Å². The largest absolute Gasteiger partial charge is 0.417 e. The Balaban J connectivity index is 2.27. The Morgan fingerprint density at radius 1 is 1.42 bits per heavy atom. The first kappa shape index (κ1) is 14.4. The number of halogens is 4. The molecule has 0 aliphatic heterocycles. The molecule has 1 fully saturated rings. The molecule has 1 aromatic rings. The maximum Gasteiger partial charge on any atom is 0.417 e. The molecule has 0 heterocycles. The van der Waals surface area contributed by atoms with E-state index in [9.17, 15) is 18.0 Å². The first-order chi connectivity index (χ1) is 8.61. The van der Waals surface area contributed by atoms with Crippen molar-refractivity contribution in [3.63, 3.8) is 0 Å². The van der Waals surface area contributed by atoms with Gasteiger partial charge in [0.1, 0.15) is 0 Å². The lowest BCUT2D eigenvalue weighted by atomic mass is 10.1. The zero-order chi connectivity index (χ0) is 14.4. The van der Waals surface area contributed by atoms with E-state index < -0.39 is 17.6 Å². The minimum absolute atomic E-state index is 0.0244. The maximum atomic E-state index is 12.9. The molecule has 1 N–H and O–H groups in total. The van der Waals surface area contributed by atoms with Crippen LogP contribution in [0, 0.1) is 5.41 Å². The summed E-state index contributed by atoms with van der Waals surface area (Å²) in [6.07, 6.45) is -3.76. The summed E-state index contributed by atoms with van der Waals surface area (Å²) in [4.78, 5) is 11.9. The predicted molar refractivity (Wildman–Crippen MR) is 68.8 cm³/mol. The van der Waals surface area contributed by atoms with Gasteiger partial charge in [0.2, 0.25) is 0 Å². The second kappa shape index (κ2) is 4.51. The highest BCUT2D eigenvalue weighted by Gasteiger charge is 2.47. The first-order valence-electron chi connectivity index (χ1n) is 5.79. The van der Waals surface area contributed by atoms with Crippen LogP contribution in [0.2, 0.25) is 0 Å². The van der Waals surface area contributed by atoms with Crippen LogP contribution in [-0.4, -0.2) is 11.9 Å². The lowest BCUT2D eigenvalue weighted by Crippen LogP contribution is -2.30. The highest BCUT2D eigenvalue weighted by molar-refractivity contribution is 9.10. The van der Waals surface area contributed by atoms with E-state index in [1.165, 1.54) is 12.1 Å². The Labute approximate surface area is 117 Å². The highest BCUT2D eigenvalue weighted by atomic mass is 79.9. The molecule has 0 radical (unpaired) electrons. The first-order valence-corrected chi connectivity index (χ1v) is 6.58. The van der Waals surface area contributed by atoms with Crippen LogP contribution < -0.4 is 5.32 Å². The van der Waals surface area contributed by atoms with E-state index >= 15 is 0 Å². The van der Waals surface area contributed by atoms with Gasteiger partial charge in [-0.1, -0.05) is 29.8 Å². The number of benzene rings is 1. The van der Waals surface area contributed by atoms with Crippen molar-refractivity contribution in [1.29, 1.82) is 0 Å². The van der Waals surface area contributed by atoms with E-state index in [-0.39, 0.29) is 17.0 Å². The van der Waals surface area contributed by atoms with Gasteiger partial charge in [-0.25, -0.2) is 0 Å². The summed E-state index contributed by atoms with van der Waals surface area (Å²) in [6, 6.07) is 3.50. The third-order valence-electron chi connectivity index (χ3n) is 3.35. The number of alkyl halides is 3. The molecule has 19 heavy (non-hydrogen) atoms. The van der Waals surface area contributed by atoms with E-state index in [1.54, 1.807) is 0 Å². The fourth-order valence-corrected chi connectivity index (χ4v) is 2.26. The number of carbonyl (C=O) groups excluding carboxylic acids is 1. The summed E-state index contributed by atoms with van der Waals surface area (Å²) >= 11 is 2.99. The molecule has 0 saturated heterocycles. The number of hydrogen-bond acceptors (Lipinski definition) is 1. The third kappa shape index (κ3) is 3.11. The lowest BCUT2D eigenvalue weighted by molar-refractivity contribution is -0.138. The number of carbonyl (C=O) groups is 1. The smallest absolute Gasteiger partial charge is 0.349 e. The molecule has 0 spiro atoms. The summed E-state index contributed by atoms with van der Waals surface area (Å²) in [5.41, 5.74) is -1.28. The summed E-state index contributed by atoms with van der Waals surface area (Å²) in [5.74, 6) is -0.671. The molecule has 104 valence electrons. The maximum absolute atomic E-state index is 12.9. The number of nitrogens with one attached hydrogen (secondary N) is 1. The zero-order valence-electron chi connectivity index (χ0n) is 10.4. The molecule has 0 aromatic heterocycles. The zero-order valence-corrected chi connectivity index (χ0v) is 12.0. The fourth-order valence-electron chi connectivity index (χ4n) is 1.90. The van der Waals surface area contributed by atoms with Gasteiger partial charge < -0.3 is 5.32 Å². The van der Waals surface area contributed by atoms with Crippen LogP contribution in [0.5, 0.6) is 0 Å². The van der Waals surface area contributed by atoms with Crippen LogP contribution in [0.4, 0.5) is 13.2 Å². The predicted octanol–water partition coefficient (Wildman–Crippen LogP) is 4.00. The highest BCUT2D eigenvalue weighted by Crippen LogP contribution is 2.45. The van der Waals surface area contributed by atoms with Crippen molar-refractivity contribution < 1.29 is 18.0 Å². The van der Waals surface area contributed by atoms with Gasteiger partial charge >= 0.3 is 6.18 Å². The van der Waals surface area contributed by atoms with Crippen LogP contribution in [0.15, 0.2) is 22.7 Å². The standard InChI is InChI=1S/C13H13BrF3NO/c1-12(2)6-10(12)18-11(19)8-4-3-7(14)5-9(8)13(15,16)17/h3-5,10H,6H2,1-2H3,(H,18,19). The minimum atomic E-state index is -4.55. The Kier molecular flexibility index (Phi) is 3.41. The van der Waals surface area contributed by atoms with Crippen LogP contribution in [0.1, 0.15) is 36.2 Å². The summed E-state index contributed by atoms with van der Waals surface area (Å²) < 4.78 is 39.0. The van der Waals surface area contributed by atoms with Gasteiger partial charge in [-0.15, -0.1) is 0 Å². The van der Waals surface area contributed by atoms with Gasteiger partial charge in [-0.2, -0.15) is 13.2 Å². The van der Waals surface area contributed by atoms with Crippen LogP contribution in [0.25, 0.3) is 0 Å². The lowest BCUT2D eigenvalue weighted by Gasteiger charge is -2.14. The van der Waals surface area contributed by atoms with E-state index in [0.717, 1.165) is 12.5 Å². The third-order valence-corrected chi connectivity index (χ3v) is 3.84. The Morgan fingerprint density at radius 2 is 2.00 bits per heavy atom. The van der Waals surface area contributed by atoms with E-state index in [1.807, 2.05) is 13.8 Å². The molecule has 0 bridgehead atoms. The Morgan fingerprint density at radius 3 is 2.47 bits per heavy atom. The number of amides is 1. The van der Waals surface area contributed by atoms with Crippen LogP contribution >= 0.6 is 15.9 Å². The van der Waals surface area contributed by atoms with Gasteiger partial charge in [0, 0.05) is 10.5 Å². The van der Waals surface area contributed by atoms with Gasteiger partial charge in [-0.05, 0) is 30.0 Å². The molecule has 2 rings (SSSR count). The van der Waals surface area contributed by atoms with Crippen molar-refractivity contribution >= 4 is 21.8 Å². The Bertz CT molecular complexity index is 525. The van der Waals surface area contributed by atoms with Gasteiger partial charge in [0.05, 0.1) is 11.1 Å². The van der Waals surface area contributed by atoms with E-state index in [4.69, 9.17) is 0 Å².